The second-order valence-electron chi connectivity index (χ2n) is 8.42. The van der Waals surface area contributed by atoms with Crippen LogP contribution in [0.4, 0.5) is 5.13 Å². The Labute approximate surface area is 197 Å². The maximum atomic E-state index is 12.7. The van der Waals surface area contributed by atoms with Gasteiger partial charge in [-0.2, -0.15) is 0 Å². The van der Waals surface area contributed by atoms with E-state index in [2.05, 4.69) is 44.9 Å². The average Bonchev–Trinajstić information content (AvgIpc) is 3.39. The number of nitrogens with zero attached hydrogens (tertiary/aromatic N) is 1. The normalized spacial score (nSPS) is 11.8. The molecule has 1 N–H and O–H groups in total. The largest absolute Gasteiger partial charge is 0.456 e. The van der Waals surface area contributed by atoms with Gasteiger partial charge in [0.2, 0.25) is 0 Å². The van der Waals surface area contributed by atoms with Gasteiger partial charge in [-0.3, -0.25) is 10.1 Å². The molecule has 0 saturated carbocycles. The zero-order valence-corrected chi connectivity index (χ0v) is 21.1. The molecule has 0 aliphatic rings. The van der Waals surface area contributed by atoms with E-state index in [0.29, 0.717) is 21.8 Å². The van der Waals surface area contributed by atoms with Crippen molar-refractivity contribution in [2.45, 2.75) is 45.9 Å². The number of furan rings is 1. The van der Waals surface area contributed by atoms with E-state index in [1.54, 1.807) is 18.2 Å². The van der Waals surface area contributed by atoms with Crippen molar-refractivity contribution >= 4 is 42.4 Å². The van der Waals surface area contributed by atoms with Crippen molar-refractivity contribution in [3.63, 3.8) is 0 Å². The third-order valence-electron chi connectivity index (χ3n) is 6.40. The molecule has 0 fully saturated rings. The van der Waals surface area contributed by atoms with E-state index >= 15 is 0 Å². The second-order valence-corrected chi connectivity index (χ2v) is 11.5. The van der Waals surface area contributed by atoms with Crippen LogP contribution in [-0.2, 0) is 16.3 Å². The maximum Gasteiger partial charge on any atom is 0.293 e. The Morgan fingerprint density at radius 1 is 0.970 bits per heavy atom. The predicted molar refractivity (Wildman–Crippen MR) is 132 cm³/mol. The molecule has 8 heteroatoms. The molecule has 0 unspecified atom stereocenters. The summed E-state index contributed by atoms with van der Waals surface area (Å²) in [6.45, 7) is 10.7. The van der Waals surface area contributed by atoms with Gasteiger partial charge < -0.3 is 4.42 Å². The number of hydrogen-bond donors (Lipinski definition) is 1. The van der Waals surface area contributed by atoms with Crippen LogP contribution in [0.3, 0.4) is 0 Å². The minimum atomic E-state index is -3.31. The Morgan fingerprint density at radius 2 is 1.61 bits per heavy atom. The van der Waals surface area contributed by atoms with E-state index in [9.17, 15) is 13.2 Å². The van der Waals surface area contributed by atoms with Crippen molar-refractivity contribution in [3.05, 3.63) is 75.2 Å². The van der Waals surface area contributed by atoms with Gasteiger partial charge in [0.05, 0.1) is 15.1 Å². The zero-order valence-electron chi connectivity index (χ0n) is 19.5. The highest BCUT2D eigenvalue weighted by molar-refractivity contribution is 7.90. The van der Waals surface area contributed by atoms with Crippen LogP contribution >= 0.6 is 11.3 Å². The van der Waals surface area contributed by atoms with E-state index < -0.39 is 15.7 Å². The number of carbonyl (C=O) groups is 1. The number of sulfone groups is 1. The highest BCUT2D eigenvalue weighted by Gasteiger charge is 2.18. The van der Waals surface area contributed by atoms with Gasteiger partial charge in [0.1, 0.15) is 5.76 Å². The molecule has 0 bridgehead atoms. The highest BCUT2D eigenvalue weighted by Crippen LogP contribution is 2.30. The van der Waals surface area contributed by atoms with Gasteiger partial charge in [0, 0.05) is 12.7 Å². The number of rotatable bonds is 5. The fourth-order valence-electron chi connectivity index (χ4n) is 3.96. The summed E-state index contributed by atoms with van der Waals surface area (Å²) in [6, 6.07) is 8.21. The minimum absolute atomic E-state index is 0.206. The molecule has 0 saturated heterocycles. The number of aromatic nitrogens is 1. The van der Waals surface area contributed by atoms with Crippen LogP contribution in [0.25, 0.3) is 10.2 Å². The number of benzene rings is 2. The van der Waals surface area contributed by atoms with E-state index in [1.807, 2.05) is 6.07 Å². The summed E-state index contributed by atoms with van der Waals surface area (Å²) in [4.78, 5) is 17.3. The van der Waals surface area contributed by atoms with Gasteiger partial charge in [-0.25, -0.2) is 13.4 Å². The van der Waals surface area contributed by atoms with Gasteiger partial charge in [-0.15, -0.1) is 0 Å². The molecule has 2 aromatic heterocycles. The molecule has 2 aromatic carbocycles. The molecule has 172 valence electrons. The first kappa shape index (κ1) is 23.2. The van der Waals surface area contributed by atoms with Gasteiger partial charge in [0.25, 0.3) is 5.91 Å². The summed E-state index contributed by atoms with van der Waals surface area (Å²) >= 11 is 1.22. The van der Waals surface area contributed by atoms with Crippen molar-refractivity contribution in [2.24, 2.45) is 0 Å². The lowest BCUT2D eigenvalue weighted by atomic mass is 9.88. The van der Waals surface area contributed by atoms with Crippen LogP contribution in [0, 0.1) is 34.6 Å². The van der Waals surface area contributed by atoms with E-state index in [-0.39, 0.29) is 10.7 Å². The summed E-state index contributed by atoms with van der Waals surface area (Å²) in [6.07, 6.45) is 1.77. The van der Waals surface area contributed by atoms with Crippen molar-refractivity contribution in [3.8, 4) is 0 Å². The Morgan fingerprint density at radius 3 is 2.24 bits per heavy atom. The number of nitrogens with one attached hydrogen (secondary N) is 1. The summed E-state index contributed by atoms with van der Waals surface area (Å²) in [7, 11) is -3.31. The number of hydrogen-bond acceptors (Lipinski definition) is 6. The average molecular weight is 483 g/mol. The third-order valence-corrected chi connectivity index (χ3v) is 8.44. The Balaban J connectivity index is 1.55. The van der Waals surface area contributed by atoms with Crippen LogP contribution < -0.4 is 5.32 Å². The second kappa shape index (κ2) is 8.43. The van der Waals surface area contributed by atoms with Crippen LogP contribution in [-0.4, -0.2) is 25.6 Å². The molecular formula is C25H26N2O4S2. The zero-order chi connectivity index (χ0) is 24.1. The number of anilines is 1. The van der Waals surface area contributed by atoms with Gasteiger partial charge >= 0.3 is 0 Å². The predicted octanol–water partition coefficient (Wildman–Crippen LogP) is 5.68. The lowest BCUT2D eigenvalue weighted by Crippen LogP contribution is -2.10. The molecule has 4 rings (SSSR count). The first-order valence-electron chi connectivity index (χ1n) is 10.5. The molecule has 2 heterocycles. The number of fused-ring (bicyclic) bond motifs is 1. The van der Waals surface area contributed by atoms with E-state index in [4.69, 9.17) is 4.42 Å². The van der Waals surface area contributed by atoms with Crippen LogP contribution in [0.1, 0.15) is 49.7 Å². The molecule has 0 aliphatic carbocycles. The summed E-state index contributed by atoms with van der Waals surface area (Å²) in [5.41, 5.74) is 8.23. The Kier molecular flexibility index (Phi) is 5.92. The third kappa shape index (κ3) is 4.45. The smallest absolute Gasteiger partial charge is 0.293 e. The maximum absolute atomic E-state index is 12.7. The molecule has 6 nitrogen and oxygen atoms in total. The van der Waals surface area contributed by atoms with Crippen molar-refractivity contribution < 1.29 is 17.6 Å². The molecule has 33 heavy (non-hydrogen) atoms. The monoisotopic (exact) mass is 482 g/mol. The number of thiazole rings is 1. The fraction of sp³-hybridized carbons (Fsp3) is 0.280. The van der Waals surface area contributed by atoms with Crippen molar-refractivity contribution in [1.29, 1.82) is 0 Å². The Bertz CT molecular complexity index is 1480. The van der Waals surface area contributed by atoms with Crippen LogP contribution in [0.2, 0.25) is 0 Å². The van der Waals surface area contributed by atoms with Crippen LogP contribution in [0.5, 0.6) is 0 Å². The SMILES string of the molecule is Cc1c(C)c(C)c(Cc2ccc(C(=O)Nc3nc4ccc(S(C)(=O)=O)cc4s3)o2)c(C)c1C. The standard InChI is InChI=1S/C25H26N2O4S2/c1-13-14(2)16(4)20(17(5)15(13)3)11-18-7-10-22(31-18)24(28)27-25-26-21-9-8-19(33(6,29)30)12-23(21)32-25/h7-10,12H,11H2,1-6H3,(H,26,27,28). The van der Waals surface area contributed by atoms with Gasteiger partial charge in [0.15, 0.2) is 20.7 Å². The highest BCUT2D eigenvalue weighted by atomic mass is 32.2. The van der Waals surface area contributed by atoms with E-state index in [0.717, 1.165) is 12.0 Å². The molecule has 0 radical (unpaired) electrons. The topological polar surface area (TPSA) is 89.3 Å². The molecule has 1 amide bonds. The lowest BCUT2D eigenvalue weighted by Gasteiger charge is -2.18. The van der Waals surface area contributed by atoms with Crippen molar-refractivity contribution in [1.82, 2.24) is 4.98 Å². The first-order valence-corrected chi connectivity index (χ1v) is 13.2. The first-order chi connectivity index (χ1) is 15.5. The Hall–Kier alpha value is -2.97. The van der Waals surface area contributed by atoms with E-state index in [1.165, 1.54) is 50.8 Å². The fourth-order valence-corrected chi connectivity index (χ4v) is 5.58. The lowest BCUT2D eigenvalue weighted by molar-refractivity contribution is 0.0995. The minimum Gasteiger partial charge on any atom is -0.456 e. The molecule has 0 aliphatic heterocycles. The summed E-state index contributed by atoms with van der Waals surface area (Å²) in [5, 5.41) is 3.14. The molecular weight excluding hydrogens is 456 g/mol. The summed E-state index contributed by atoms with van der Waals surface area (Å²) < 4.78 is 30.1. The number of amides is 1. The summed E-state index contributed by atoms with van der Waals surface area (Å²) in [5.74, 6) is 0.529. The number of carbonyl (C=O) groups excluding carboxylic acids is 1. The molecule has 4 aromatic rings. The van der Waals surface area contributed by atoms with Crippen LogP contribution in [0.15, 0.2) is 39.6 Å². The molecule has 0 atom stereocenters. The molecule has 0 spiro atoms. The van der Waals surface area contributed by atoms with Gasteiger partial charge in [-0.1, -0.05) is 11.3 Å². The van der Waals surface area contributed by atoms with Crippen molar-refractivity contribution in [2.75, 3.05) is 11.6 Å². The van der Waals surface area contributed by atoms with Gasteiger partial charge in [-0.05, 0) is 98.3 Å². The quantitative estimate of drug-likeness (QED) is 0.395.